The van der Waals surface area contributed by atoms with E-state index in [0.29, 0.717) is 5.95 Å². The zero-order chi connectivity index (χ0) is 15.6. The van der Waals surface area contributed by atoms with Crippen molar-refractivity contribution in [3.05, 3.63) is 42.8 Å². The van der Waals surface area contributed by atoms with Crippen LogP contribution < -0.4 is 5.43 Å². The zero-order valence-corrected chi connectivity index (χ0v) is 13.1. The maximum atomic E-state index is 5.44. The lowest BCUT2D eigenvalue weighted by Crippen LogP contribution is -2.47. The van der Waals surface area contributed by atoms with Gasteiger partial charge in [0.15, 0.2) is 0 Å². The normalized spacial score (nSPS) is 16.7. The minimum atomic E-state index is 0.646. The summed E-state index contributed by atoms with van der Waals surface area (Å²) < 4.78 is 5.44. The van der Waals surface area contributed by atoms with Gasteiger partial charge in [-0.05, 0) is 37.4 Å². The molecule has 1 saturated heterocycles. The summed E-state index contributed by atoms with van der Waals surface area (Å²) in [5, 5.41) is 3.17. The lowest BCUT2D eigenvalue weighted by Gasteiger charge is -2.32. The Bertz CT molecular complexity index is 794. The molecule has 3 heterocycles. The Balaban J connectivity index is 1.55. The summed E-state index contributed by atoms with van der Waals surface area (Å²) in [5.41, 5.74) is 5.26. The molecule has 6 heteroatoms. The molecule has 23 heavy (non-hydrogen) atoms. The molecule has 1 aliphatic heterocycles. The molecule has 0 spiro atoms. The number of benzene rings is 1. The van der Waals surface area contributed by atoms with E-state index in [4.69, 9.17) is 4.42 Å². The van der Waals surface area contributed by atoms with E-state index in [1.807, 2.05) is 36.5 Å². The van der Waals surface area contributed by atoms with Gasteiger partial charge in [-0.25, -0.2) is 15.0 Å². The molecule has 2 aromatic heterocycles. The molecule has 1 N–H and O–H groups in total. The highest BCUT2D eigenvalue weighted by atomic mass is 16.3. The van der Waals surface area contributed by atoms with E-state index < -0.39 is 0 Å². The fourth-order valence-corrected chi connectivity index (χ4v) is 2.74. The number of anilines is 1. The predicted octanol–water partition coefficient (Wildman–Crippen LogP) is 2.46. The molecule has 0 bridgehead atoms. The van der Waals surface area contributed by atoms with Crippen molar-refractivity contribution in [2.75, 3.05) is 38.7 Å². The quantitative estimate of drug-likeness (QED) is 0.802. The van der Waals surface area contributed by atoms with Gasteiger partial charge >= 0.3 is 0 Å². The number of hydrazine groups is 1. The van der Waals surface area contributed by atoms with Gasteiger partial charge in [0.05, 0.1) is 11.8 Å². The van der Waals surface area contributed by atoms with Crippen LogP contribution in [0.25, 0.3) is 22.2 Å². The van der Waals surface area contributed by atoms with Gasteiger partial charge in [0.25, 0.3) is 0 Å². The Morgan fingerprint density at radius 2 is 2.00 bits per heavy atom. The van der Waals surface area contributed by atoms with Crippen LogP contribution in [-0.4, -0.2) is 53.1 Å². The molecule has 0 aliphatic carbocycles. The van der Waals surface area contributed by atoms with E-state index in [-0.39, 0.29) is 0 Å². The third-order valence-electron chi connectivity index (χ3n) is 4.15. The highest BCUT2D eigenvalue weighted by Gasteiger charge is 2.14. The standard InChI is InChI=1S/C17H19N5O/c1-21-6-8-22(9-7-21)20-17-18-12-14-11-13(4-5-15(14)19-17)16-3-2-10-23-16/h2-5,10-12H,6-9H2,1H3,(H,18,19,20). The first-order valence-corrected chi connectivity index (χ1v) is 7.79. The zero-order valence-electron chi connectivity index (χ0n) is 13.1. The van der Waals surface area contributed by atoms with Crippen LogP contribution in [0.15, 0.2) is 47.2 Å². The second-order valence-corrected chi connectivity index (χ2v) is 5.85. The van der Waals surface area contributed by atoms with Crippen molar-refractivity contribution in [3.8, 4) is 11.3 Å². The fourth-order valence-electron chi connectivity index (χ4n) is 2.74. The Morgan fingerprint density at radius 3 is 2.78 bits per heavy atom. The fraction of sp³-hybridized carbons (Fsp3) is 0.294. The number of nitrogens with zero attached hydrogens (tertiary/aromatic N) is 4. The lowest BCUT2D eigenvalue weighted by molar-refractivity contribution is 0.178. The van der Waals surface area contributed by atoms with Crippen molar-refractivity contribution in [1.29, 1.82) is 0 Å². The van der Waals surface area contributed by atoms with Crippen molar-refractivity contribution in [2.24, 2.45) is 0 Å². The second kappa shape index (κ2) is 5.98. The van der Waals surface area contributed by atoms with Crippen LogP contribution in [0.3, 0.4) is 0 Å². The first-order valence-electron chi connectivity index (χ1n) is 7.79. The van der Waals surface area contributed by atoms with E-state index in [9.17, 15) is 0 Å². The van der Waals surface area contributed by atoms with Gasteiger partial charge in [-0.2, -0.15) is 0 Å². The minimum Gasteiger partial charge on any atom is -0.464 e. The van der Waals surface area contributed by atoms with Crippen LogP contribution in [-0.2, 0) is 0 Å². The van der Waals surface area contributed by atoms with Crippen LogP contribution >= 0.6 is 0 Å². The number of piperazine rings is 1. The molecule has 3 aromatic rings. The Morgan fingerprint density at radius 1 is 1.13 bits per heavy atom. The van der Waals surface area contributed by atoms with E-state index >= 15 is 0 Å². The number of likely N-dealkylation sites (N-methyl/N-ethyl adjacent to an activating group) is 1. The van der Waals surface area contributed by atoms with Crippen LogP contribution in [0, 0.1) is 0 Å². The Labute approximate surface area is 134 Å². The summed E-state index contributed by atoms with van der Waals surface area (Å²) in [4.78, 5) is 11.4. The SMILES string of the molecule is CN1CCN(Nc2ncc3cc(-c4ccco4)ccc3n2)CC1. The first-order chi connectivity index (χ1) is 11.3. The van der Waals surface area contributed by atoms with Crippen molar-refractivity contribution >= 4 is 16.9 Å². The molecule has 6 nitrogen and oxygen atoms in total. The van der Waals surface area contributed by atoms with Crippen LogP contribution in [0.1, 0.15) is 0 Å². The molecular weight excluding hydrogens is 290 g/mol. The minimum absolute atomic E-state index is 0.646. The molecule has 118 valence electrons. The molecule has 0 radical (unpaired) electrons. The number of nitrogens with one attached hydrogen (secondary N) is 1. The van der Waals surface area contributed by atoms with Crippen molar-refractivity contribution in [2.45, 2.75) is 0 Å². The number of hydrogen-bond acceptors (Lipinski definition) is 6. The van der Waals surface area contributed by atoms with Crippen molar-refractivity contribution in [3.63, 3.8) is 0 Å². The third-order valence-corrected chi connectivity index (χ3v) is 4.15. The predicted molar refractivity (Wildman–Crippen MR) is 89.9 cm³/mol. The van der Waals surface area contributed by atoms with Gasteiger partial charge < -0.3 is 9.32 Å². The summed E-state index contributed by atoms with van der Waals surface area (Å²) >= 11 is 0. The van der Waals surface area contributed by atoms with Gasteiger partial charge in [-0.1, -0.05) is 0 Å². The molecule has 4 rings (SSSR count). The number of rotatable bonds is 3. The summed E-state index contributed by atoms with van der Waals surface area (Å²) in [6.45, 7) is 4.03. The van der Waals surface area contributed by atoms with Crippen LogP contribution in [0.4, 0.5) is 5.95 Å². The van der Waals surface area contributed by atoms with Crippen molar-refractivity contribution in [1.82, 2.24) is 19.9 Å². The molecule has 0 saturated carbocycles. The largest absolute Gasteiger partial charge is 0.464 e. The lowest BCUT2D eigenvalue weighted by atomic mass is 10.1. The monoisotopic (exact) mass is 309 g/mol. The second-order valence-electron chi connectivity index (χ2n) is 5.85. The van der Waals surface area contributed by atoms with Gasteiger partial charge in [0.1, 0.15) is 5.76 Å². The molecule has 1 fully saturated rings. The Kier molecular flexibility index (Phi) is 3.69. The van der Waals surface area contributed by atoms with E-state index in [0.717, 1.165) is 48.4 Å². The van der Waals surface area contributed by atoms with Crippen LogP contribution in [0.5, 0.6) is 0 Å². The third kappa shape index (κ3) is 3.04. The maximum Gasteiger partial charge on any atom is 0.238 e. The average molecular weight is 309 g/mol. The average Bonchev–Trinajstić information content (AvgIpc) is 3.11. The summed E-state index contributed by atoms with van der Waals surface area (Å²) in [6.07, 6.45) is 3.53. The van der Waals surface area contributed by atoms with E-state index in [1.54, 1.807) is 6.26 Å². The van der Waals surface area contributed by atoms with Crippen molar-refractivity contribution < 1.29 is 4.42 Å². The van der Waals surface area contributed by atoms with Crippen LogP contribution in [0.2, 0.25) is 0 Å². The molecule has 0 unspecified atom stereocenters. The molecular formula is C17H19N5O. The summed E-state index contributed by atoms with van der Waals surface area (Å²) in [7, 11) is 2.14. The van der Waals surface area contributed by atoms with Gasteiger partial charge in [-0.3, -0.25) is 5.43 Å². The molecule has 0 atom stereocenters. The molecule has 1 aromatic carbocycles. The Hall–Kier alpha value is -2.44. The van der Waals surface area contributed by atoms with E-state index in [1.165, 1.54) is 0 Å². The first kappa shape index (κ1) is 14.2. The number of aromatic nitrogens is 2. The molecule has 1 aliphatic rings. The van der Waals surface area contributed by atoms with Gasteiger partial charge in [-0.15, -0.1) is 0 Å². The number of hydrogen-bond donors (Lipinski definition) is 1. The topological polar surface area (TPSA) is 57.4 Å². The van der Waals surface area contributed by atoms with E-state index in [2.05, 4.69) is 32.4 Å². The maximum absolute atomic E-state index is 5.44. The summed E-state index contributed by atoms with van der Waals surface area (Å²) in [5.74, 6) is 1.50. The smallest absolute Gasteiger partial charge is 0.238 e. The number of furan rings is 1. The molecule has 0 amide bonds. The highest BCUT2D eigenvalue weighted by molar-refractivity contribution is 5.83. The highest BCUT2D eigenvalue weighted by Crippen LogP contribution is 2.24. The summed E-state index contributed by atoms with van der Waals surface area (Å²) in [6, 6.07) is 9.91. The number of fused-ring (bicyclic) bond motifs is 1. The van der Waals surface area contributed by atoms with Gasteiger partial charge in [0.2, 0.25) is 5.95 Å². The van der Waals surface area contributed by atoms with Gasteiger partial charge in [0, 0.05) is 43.3 Å².